The average molecular weight is 288 g/mol. The van der Waals surface area contributed by atoms with Crippen molar-refractivity contribution in [2.24, 2.45) is 0 Å². The number of nitrogens with zero attached hydrogens (tertiary/aromatic N) is 3. The van der Waals surface area contributed by atoms with Crippen molar-refractivity contribution in [3.8, 4) is 0 Å². The van der Waals surface area contributed by atoms with E-state index in [1.54, 1.807) is 6.92 Å². The van der Waals surface area contributed by atoms with E-state index in [1.165, 1.54) is 11.3 Å². The van der Waals surface area contributed by atoms with Gasteiger partial charge in [0.1, 0.15) is 5.82 Å². The van der Waals surface area contributed by atoms with Gasteiger partial charge in [-0.2, -0.15) is 0 Å². The lowest BCUT2D eigenvalue weighted by Gasteiger charge is -2.23. The second-order valence-corrected chi connectivity index (χ2v) is 5.87. The highest BCUT2D eigenvalue weighted by molar-refractivity contribution is 5.73. The van der Waals surface area contributed by atoms with E-state index in [0.717, 1.165) is 64.3 Å². The molecule has 0 aromatic carbocycles. The van der Waals surface area contributed by atoms with E-state index < -0.39 is 0 Å². The third-order valence-corrected chi connectivity index (χ3v) is 4.43. The minimum Gasteiger partial charge on any atom is -0.355 e. The Kier molecular flexibility index (Phi) is 4.39. The molecule has 3 rings (SSSR count). The van der Waals surface area contributed by atoms with Gasteiger partial charge < -0.3 is 15.1 Å². The van der Waals surface area contributed by atoms with Crippen LogP contribution in [0.2, 0.25) is 0 Å². The number of hydrogen-bond donors (Lipinski definition) is 1. The van der Waals surface area contributed by atoms with Gasteiger partial charge in [0, 0.05) is 51.8 Å². The van der Waals surface area contributed by atoms with Gasteiger partial charge in [0.2, 0.25) is 5.91 Å². The number of rotatable bonds is 1. The maximum Gasteiger partial charge on any atom is 0.219 e. The van der Waals surface area contributed by atoms with Crippen LogP contribution in [0.25, 0.3) is 0 Å². The van der Waals surface area contributed by atoms with Crippen LogP contribution in [0.1, 0.15) is 24.6 Å². The highest BCUT2D eigenvalue weighted by atomic mass is 16.2. The second-order valence-electron chi connectivity index (χ2n) is 5.87. The summed E-state index contributed by atoms with van der Waals surface area (Å²) in [4.78, 5) is 20.7. The predicted octanol–water partition coefficient (Wildman–Crippen LogP) is 0.828. The van der Waals surface area contributed by atoms with Crippen LogP contribution in [0, 0.1) is 0 Å². The molecule has 2 aliphatic rings. The zero-order valence-corrected chi connectivity index (χ0v) is 12.8. The molecule has 1 aromatic rings. The van der Waals surface area contributed by atoms with Crippen molar-refractivity contribution >= 4 is 11.7 Å². The summed E-state index contributed by atoms with van der Waals surface area (Å²) in [6.07, 6.45) is 3.09. The molecule has 0 radical (unpaired) electrons. The van der Waals surface area contributed by atoms with Crippen molar-refractivity contribution in [1.29, 1.82) is 0 Å². The van der Waals surface area contributed by atoms with Gasteiger partial charge in [0.05, 0.1) is 0 Å². The molecule has 114 valence electrons. The number of nitrogens with one attached hydrogen (secondary N) is 1. The molecule has 0 spiro atoms. The summed E-state index contributed by atoms with van der Waals surface area (Å²) in [6.45, 7) is 7.24. The van der Waals surface area contributed by atoms with E-state index in [0.29, 0.717) is 0 Å². The lowest BCUT2D eigenvalue weighted by atomic mass is 10.1. The number of fused-ring (bicyclic) bond motifs is 1. The first kappa shape index (κ1) is 14.3. The molecular weight excluding hydrogens is 264 g/mol. The van der Waals surface area contributed by atoms with Crippen LogP contribution in [-0.4, -0.2) is 55.1 Å². The SMILES string of the molecule is CC(=O)N1CCCN(c2ccc3c(n2)CCNCC3)CC1. The molecule has 0 atom stereocenters. The predicted molar refractivity (Wildman–Crippen MR) is 83.6 cm³/mol. The lowest BCUT2D eigenvalue weighted by molar-refractivity contribution is -0.128. The Morgan fingerprint density at radius 3 is 2.86 bits per heavy atom. The Hall–Kier alpha value is -1.62. The number of carbonyl (C=O) groups excluding carboxylic acids is 1. The molecule has 0 aliphatic carbocycles. The molecule has 1 aromatic heterocycles. The topological polar surface area (TPSA) is 48.5 Å². The molecular formula is C16H24N4O. The van der Waals surface area contributed by atoms with Crippen molar-refractivity contribution in [2.75, 3.05) is 44.2 Å². The van der Waals surface area contributed by atoms with Gasteiger partial charge in [-0.15, -0.1) is 0 Å². The number of anilines is 1. The number of amides is 1. The lowest BCUT2D eigenvalue weighted by Crippen LogP contribution is -2.34. The molecule has 0 bridgehead atoms. The zero-order valence-electron chi connectivity index (χ0n) is 12.8. The summed E-state index contributed by atoms with van der Waals surface area (Å²) in [5.41, 5.74) is 2.62. The van der Waals surface area contributed by atoms with Crippen molar-refractivity contribution in [2.45, 2.75) is 26.2 Å². The van der Waals surface area contributed by atoms with Gasteiger partial charge in [-0.25, -0.2) is 4.98 Å². The molecule has 1 amide bonds. The highest BCUT2D eigenvalue weighted by Gasteiger charge is 2.18. The second kappa shape index (κ2) is 6.43. The van der Waals surface area contributed by atoms with E-state index in [1.807, 2.05) is 4.90 Å². The fourth-order valence-electron chi connectivity index (χ4n) is 3.16. The first-order valence-corrected chi connectivity index (χ1v) is 7.94. The molecule has 3 heterocycles. The van der Waals surface area contributed by atoms with E-state index in [-0.39, 0.29) is 5.91 Å². The Balaban J connectivity index is 1.74. The molecule has 5 nitrogen and oxygen atoms in total. The minimum absolute atomic E-state index is 0.179. The molecule has 1 fully saturated rings. The maximum absolute atomic E-state index is 11.5. The van der Waals surface area contributed by atoms with Gasteiger partial charge in [-0.05, 0) is 31.0 Å². The highest BCUT2D eigenvalue weighted by Crippen LogP contribution is 2.19. The first-order valence-electron chi connectivity index (χ1n) is 7.94. The van der Waals surface area contributed by atoms with Crippen LogP contribution in [0.3, 0.4) is 0 Å². The van der Waals surface area contributed by atoms with Crippen LogP contribution in [0.15, 0.2) is 12.1 Å². The first-order chi connectivity index (χ1) is 10.2. The normalized spacial score (nSPS) is 19.7. The van der Waals surface area contributed by atoms with Gasteiger partial charge in [-0.3, -0.25) is 4.79 Å². The molecule has 21 heavy (non-hydrogen) atoms. The minimum atomic E-state index is 0.179. The summed E-state index contributed by atoms with van der Waals surface area (Å²) in [5, 5.41) is 3.42. The van der Waals surface area contributed by atoms with Crippen LogP contribution in [0.4, 0.5) is 5.82 Å². The summed E-state index contributed by atoms with van der Waals surface area (Å²) in [5.74, 6) is 1.25. The van der Waals surface area contributed by atoms with Crippen molar-refractivity contribution < 1.29 is 4.79 Å². The van der Waals surface area contributed by atoms with Gasteiger partial charge >= 0.3 is 0 Å². The Labute approximate surface area is 126 Å². The molecule has 1 saturated heterocycles. The van der Waals surface area contributed by atoms with Gasteiger partial charge in [0.25, 0.3) is 0 Å². The van der Waals surface area contributed by atoms with Gasteiger partial charge in [0.15, 0.2) is 0 Å². The monoisotopic (exact) mass is 288 g/mol. The van der Waals surface area contributed by atoms with Crippen LogP contribution >= 0.6 is 0 Å². The van der Waals surface area contributed by atoms with Crippen LogP contribution < -0.4 is 10.2 Å². The van der Waals surface area contributed by atoms with E-state index >= 15 is 0 Å². The molecule has 0 saturated carbocycles. The Morgan fingerprint density at radius 1 is 1.14 bits per heavy atom. The quantitative estimate of drug-likeness (QED) is 0.831. The largest absolute Gasteiger partial charge is 0.355 e. The molecule has 1 N–H and O–H groups in total. The number of aromatic nitrogens is 1. The standard InChI is InChI=1S/C16H24N4O/c1-13(21)19-9-2-10-20(12-11-19)16-4-3-14-5-7-17-8-6-15(14)18-16/h3-4,17H,2,5-12H2,1H3. The molecule has 0 unspecified atom stereocenters. The smallest absolute Gasteiger partial charge is 0.219 e. The third kappa shape index (κ3) is 3.35. The fourth-order valence-corrected chi connectivity index (χ4v) is 3.16. The Bertz CT molecular complexity index is 517. The van der Waals surface area contributed by atoms with Crippen molar-refractivity contribution in [3.05, 3.63) is 23.4 Å². The summed E-state index contributed by atoms with van der Waals surface area (Å²) < 4.78 is 0. The van der Waals surface area contributed by atoms with E-state index in [2.05, 4.69) is 22.3 Å². The van der Waals surface area contributed by atoms with Crippen LogP contribution in [-0.2, 0) is 17.6 Å². The summed E-state index contributed by atoms with van der Waals surface area (Å²) in [7, 11) is 0. The average Bonchev–Trinajstić information content (AvgIpc) is 2.86. The zero-order chi connectivity index (χ0) is 14.7. The van der Waals surface area contributed by atoms with Crippen LogP contribution in [0.5, 0.6) is 0 Å². The van der Waals surface area contributed by atoms with E-state index in [4.69, 9.17) is 4.98 Å². The third-order valence-electron chi connectivity index (χ3n) is 4.43. The Morgan fingerprint density at radius 2 is 2.00 bits per heavy atom. The summed E-state index contributed by atoms with van der Waals surface area (Å²) in [6, 6.07) is 4.38. The molecule has 2 aliphatic heterocycles. The van der Waals surface area contributed by atoms with E-state index in [9.17, 15) is 4.79 Å². The van der Waals surface area contributed by atoms with Gasteiger partial charge in [-0.1, -0.05) is 6.07 Å². The van der Waals surface area contributed by atoms with Crippen molar-refractivity contribution in [3.63, 3.8) is 0 Å². The molecule has 5 heteroatoms. The maximum atomic E-state index is 11.5. The number of hydrogen-bond acceptors (Lipinski definition) is 4. The number of pyridine rings is 1. The summed E-state index contributed by atoms with van der Waals surface area (Å²) >= 11 is 0. The van der Waals surface area contributed by atoms with Crippen molar-refractivity contribution in [1.82, 2.24) is 15.2 Å². The number of carbonyl (C=O) groups is 1. The fraction of sp³-hybridized carbons (Fsp3) is 0.625.